The summed E-state index contributed by atoms with van der Waals surface area (Å²) < 4.78 is 6.28. The second kappa shape index (κ2) is 3.70. The van der Waals surface area contributed by atoms with Crippen molar-refractivity contribution in [2.75, 3.05) is 5.73 Å². The Morgan fingerprint density at radius 2 is 2.24 bits per heavy atom. The standard InChI is InChI=1S/C8H6BrN7S/c1-3-4-5(11-2-12-6(4)17-15-3)16-7(9)13-8(10)14-16/h2H,1H3,(H2,10,14). The molecule has 0 saturated carbocycles. The molecule has 0 aliphatic carbocycles. The van der Waals surface area contributed by atoms with Gasteiger partial charge in [0.15, 0.2) is 5.82 Å². The first kappa shape index (κ1) is 10.5. The Balaban J connectivity index is 2.37. The predicted octanol–water partition coefficient (Wildman–Crippen LogP) is 1.32. The van der Waals surface area contributed by atoms with E-state index >= 15 is 0 Å². The van der Waals surface area contributed by atoms with Gasteiger partial charge in [-0.1, -0.05) is 0 Å². The minimum atomic E-state index is 0.185. The molecule has 3 heterocycles. The zero-order valence-corrected chi connectivity index (χ0v) is 11.0. The van der Waals surface area contributed by atoms with Crippen LogP contribution in [0.3, 0.4) is 0 Å². The minimum Gasteiger partial charge on any atom is -0.366 e. The molecule has 7 nitrogen and oxygen atoms in total. The Labute approximate surface area is 108 Å². The molecule has 0 aliphatic rings. The quantitative estimate of drug-likeness (QED) is 0.728. The fourth-order valence-corrected chi connectivity index (χ4v) is 2.68. The Kier molecular flexibility index (Phi) is 2.30. The van der Waals surface area contributed by atoms with Crippen LogP contribution in [0.15, 0.2) is 11.1 Å². The highest BCUT2D eigenvalue weighted by atomic mass is 79.9. The molecule has 0 fully saturated rings. The molecule has 3 aromatic rings. The molecule has 0 bridgehead atoms. The number of nitrogens with two attached hydrogens (primary N) is 1. The van der Waals surface area contributed by atoms with Crippen molar-refractivity contribution in [1.82, 2.24) is 29.1 Å². The number of rotatable bonds is 1. The van der Waals surface area contributed by atoms with Gasteiger partial charge in [-0.25, -0.2) is 9.97 Å². The molecule has 2 N–H and O–H groups in total. The molecule has 0 aliphatic heterocycles. The predicted molar refractivity (Wildman–Crippen MR) is 67.0 cm³/mol. The second-order valence-electron chi connectivity index (χ2n) is 3.30. The fourth-order valence-electron chi connectivity index (χ4n) is 1.51. The number of anilines is 1. The van der Waals surface area contributed by atoms with Crippen LogP contribution in [0.1, 0.15) is 5.69 Å². The molecule has 0 amide bonds. The molecule has 0 aromatic carbocycles. The second-order valence-corrected chi connectivity index (χ2v) is 4.76. The van der Waals surface area contributed by atoms with Crippen LogP contribution >= 0.6 is 27.5 Å². The molecule has 17 heavy (non-hydrogen) atoms. The minimum absolute atomic E-state index is 0.185. The first-order valence-corrected chi connectivity index (χ1v) is 6.19. The van der Waals surface area contributed by atoms with Crippen molar-refractivity contribution in [3.05, 3.63) is 16.8 Å². The first-order chi connectivity index (χ1) is 8.16. The summed E-state index contributed by atoms with van der Waals surface area (Å²) in [5.74, 6) is 0.807. The van der Waals surface area contributed by atoms with E-state index in [4.69, 9.17) is 5.73 Å². The SMILES string of the molecule is Cc1nsc2ncnc(-n3nc(N)nc3Br)c12. The van der Waals surface area contributed by atoms with Crippen molar-refractivity contribution >= 4 is 43.6 Å². The van der Waals surface area contributed by atoms with Gasteiger partial charge in [0.1, 0.15) is 11.2 Å². The lowest BCUT2D eigenvalue weighted by molar-refractivity contribution is 0.832. The van der Waals surface area contributed by atoms with Gasteiger partial charge in [0, 0.05) is 0 Å². The summed E-state index contributed by atoms with van der Waals surface area (Å²) >= 11 is 4.61. The van der Waals surface area contributed by atoms with E-state index in [1.165, 1.54) is 22.5 Å². The Morgan fingerprint density at radius 1 is 1.41 bits per heavy atom. The van der Waals surface area contributed by atoms with E-state index in [1.54, 1.807) is 0 Å². The summed E-state index contributed by atoms with van der Waals surface area (Å²) in [6.07, 6.45) is 1.47. The fraction of sp³-hybridized carbons (Fsp3) is 0.125. The highest BCUT2D eigenvalue weighted by molar-refractivity contribution is 9.10. The number of fused-ring (bicyclic) bond motifs is 1. The van der Waals surface area contributed by atoms with Gasteiger partial charge < -0.3 is 5.73 Å². The van der Waals surface area contributed by atoms with E-state index in [0.29, 0.717) is 10.6 Å². The molecule has 0 unspecified atom stereocenters. The molecule has 0 atom stereocenters. The first-order valence-electron chi connectivity index (χ1n) is 4.62. The topological polar surface area (TPSA) is 95.4 Å². The molecular formula is C8H6BrN7S. The molecular weight excluding hydrogens is 306 g/mol. The van der Waals surface area contributed by atoms with Gasteiger partial charge in [-0.2, -0.15) is 14.0 Å². The van der Waals surface area contributed by atoms with Gasteiger partial charge >= 0.3 is 0 Å². The number of aromatic nitrogens is 6. The van der Waals surface area contributed by atoms with Gasteiger partial charge in [0.05, 0.1) is 11.1 Å². The summed E-state index contributed by atoms with van der Waals surface area (Å²) in [7, 11) is 0. The summed E-state index contributed by atoms with van der Waals surface area (Å²) in [6, 6.07) is 0. The maximum absolute atomic E-state index is 5.54. The molecule has 0 spiro atoms. The maximum Gasteiger partial charge on any atom is 0.240 e. The number of hydrogen-bond acceptors (Lipinski definition) is 7. The van der Waals surface area contributed by atoms with E-state index in [-0.39, 0.29) is 5.95 Å². The monoisotopic (exact) mass is 311 g/mol. The van der Waals surface area contributed by atoms with Crippen LogP contribution in [0.25, 0.3) is 16.0 Å². The van der Waals surface area contributed by atoms with Gasteiger partial charge in [-0.05, 0) is 34.4 Å². The van der Waals surface area contributed by atoms with Crippen molar-refractivity contribution < 1.29 is 0 Å². The van der Waals surface area contributed by atoms with Crippen molar-refractivity contribution in [2.45, 2.75) is 6.92 Å². The van der Waals surface area contributed by atoms with Crippen LogP contribution in [0.4, 0.5) is 5.95 Å². The lowest BCUT2D eigenvalue weighted by Crippen LogP contribution is -2.02. The van der Waals surface area contributed by atoms with Crippen molar-refractivity contribution in [2.24, 2.45) is 0 Å². The highest BCUT2D eigenvalue weighted by Crippen LogP contribution is 2.26. The Morgan fingerprint density at radius 3 is 2.94 bits per heavy atom. The van der Waals surface area contributed by atoms with Gasteiger partial charge in [-0.3, -0.25) is 0 Å². The molecule has 0 radical (unpaired) electrons. The molecule has 3 rings (SSSR count). The molecule has 9 heteroatoms. The average Bonchev–Trinajstić information content (AvgIpc) is 2.83. The largest absolute Gasteiger partial charge is 0.366 e. The zero-order chi connectivity index (χ0) is 12.0. The summed E-state index contributed by atoms with van der Waals surface area (Å²) in [4.78, 5) is 13.2. The summed E-state index contributed by atoms with van der Waals surface area (Å²) in [5.41, 5.74) is 6.41. The van der Waals surface area contributed by atoms with Crippen LogP contribution in [-0.4, -0.2) is 29.1 Å². The van der Waals surface area contributed by atoms with E-state index in [2.05, 4.69) is 40.4 Å². The molecule has 0 saturated heterocycles. The van der Waals surface area contributed by atoms with Crippen LogP contribution in [0, 0.1) is 6.92 Å². The van der Waals surface area contributed by atoms with Gasteiger partial charge in [0.2, 0.25) is 10.7 Å². The molecule has 3 aromatic heterocycles. The highest BCUT2D eigenvalue weighted by Gasteiger charge is 2.15. The van der Waals surface area contributed by atoms with Gasteiger partial charge in [0.25, 0.3) is 0 Å². The van der Waals surface area contributed by atoms with Crippen molar-refractivity contribution in [3.63, 3.8) is 0 Å². The van der Waals surface area contributed by atoms with Crippen molar-refractivity contribution in [3.8, 4) is 5.82 Å². The lowest BCUT2D eigenvalue weighted by Gasteiger charge is -2.01. The van der Waals surface area contributed by atoms with E-state index in [0.717, 1.165) is 15.9 Å². The van der Waals surface area contributed by atoms with E-state index < -0.39 is 0 Å². The number of aryl methyl sites for hydroxylation is 1. The van der Waals surface area contributed by atoms with E-state index in [9.17, 15) is 0 Å². The normalized spacial score (nSPS) is 11.2. The smallest absolute Gasteiger partial charge is 0.240 e. The van der Waals surface area contributed by atoms with E-state index in [1.807, 2.05) is 6.92 Å². The third kappa shape index (κ3) is 1.58. The van der Waals surface area contributed by atoms with Crippen LogP contribution in [-0.2, 0) is 0 Å². The maximum atomic E-state index is 5.54. The van der Waals surface area contributed by atoms with Crippen LogP contribution in [0.5, 0.6) is 0 Å². The number of nitrogens with zero attached hydrogens (tertiary/aromatic N) is 6. The number of nitrogen functional groups attached to an aromatic ring is 1. The summed E-state index contributed by atoms with van der Waals surface area (Å²) in [5, 5.41) is 4.94. The number of hydrogen-bond donors (Lipinski definition) is 1. The van der Waals surface area contributed by atoms with Gasteiger partial charge in [-0.15, -0.1) is 5.10 Å². The van der Waals surface area contributed by atoms with Crippen molar-refractivity contribution in [1.29, 1.82) is 0 Å². The summed E-state index contributed by atoms with van der Waals surface area (Å²) in [6.45, 7) is 1.90. The van der Waals surface area contributed by atoms with Crippen LogP contribution in [0.2, 0.25) is 0 Å². The molecule has 86 valence electrons. The Hall–Kier alpha value is -1.61. The number of halogens is 1. The zero-order valence-electron chi connectivity index (χ0n) is 8.62. The third-order valence-corrected chi connectivity index (χ3v) is 3.57. The lowest BCUT2D eigenvalue weighted by atomic mass is 10.3. The third-order valence-electron chi connectivity index (χ3n) is 2.21. The average molecular weight is 312 g/mol. The Bertz CT molecular complexity index is 703. The van der Waals surface area contributed by atoms with Crippen LogP contribution < -0.4 is 5.73 Å².